The number of rotatable bonds is 5. The third kappa shape index (κ3) is 2.70. The molecule has 4 heteroatoms. The summed E-state index contributed by atoms with van der Waals surface area (Å²) in [7, 11) is 1.69. The summed E-state index contributed by atoms with van der Waals surface area (Å²) in [5.74, 6) is 2.62. The number of aryl methyl sites for hydroxylation is 2. The van der Waals surface area contributed by atoms with Gasteiger partial charge in [-0.15, -0.1) is 0 Å². The van der Waals surface area contributed by atoms with Crippen molar-refractivity contribution in [1.82, 2.24) is 9.97 Å². The van der Waals surface area contributed by atoms with E-state index in [1.807, 2.05) is 12.3 Å². The van der Waals surface area contributed by atoms with E-state index in [-0.39, 0.29) is 0 Å². The third-order valence-corrected chi connectivity index (χ3v) is 3.16. The van der Waals surface area contributed by atoms with Crippen LogP contribution in [0.15, 0.2) is 24.4 Å². The predicted molar refractivity (Wildman–Crippen MR) is 77.5 cm³/mol. The van der Waals surface area contributed by atoms with Crippen molar-refractivity contribution in [3.8, 4) is 17.0 Å². The number of H-pyrrole nitrogens is 1. The lowest BCUT2D eigenvalue weighted by molar-refractivity contribution is 0.416. The van der Waals surface area contributed by atoms with Gasteiger partial charge in [0.15, 0.2) is 0 Å². The van der Waals surface area contributed by atoms with Crippen molar-refractivity contribution in [1.29, 1.82) is 0 Å². The van der Waals surface area contributed by atoms with E-state index in [0.717, 1.165) is 41.4 Å². The van der Waals surface area contributed by atoms with Gasteiger partial charge in [-0.1, -0.05) is 13.0 Å². The Kier molecular flexibility index (Phi) is 4.31. The summed E-state index contributed by atoms with van der Waals surface area (Å²) in [6.45, 7) is 2.14. The molecule has 0 aliphatic rings. The Balaban J connectivity index is 2.40. The van der Waals surface area contributed by atoms with Crippen LogP contribution in [0.1, 0.15) is 18.3 Å². The molecular weight excluding hydrogens is 244 g/mol. The van der Waals surface area contributed by atoms with Gasteiger partial charge in [0, 0.05) is 12.0 Å². The number of thiol groups is 1. The molecule has 0 unspecified atom stereocenters. The molecule has 3 nitrogen and oxygen atoms in total. The first-order valence-corrected chi connectivity index (χ1v) is 6.73. The van der Waals surface area contributed by atoms with Crippen molar-refractivity contribution in [3.05, 3.63) is 35.8 Å². The number of hydrogen-bond donors (Lipinski definition) is 2. The molecule has 1 aromatic heterocycles. The van der Waals surface area contributed by atoms with Crippen LogP contribution in [0.2, 0.25) is 0 Å². The maximum absolute atomic E-state index is 5.41. The topological polar surface area (TPSA) is 37.9 Å². The summed E-state index contributed by atoms with van der Waals surface area (Å²) in [6.07, 6.45) is 3.71. The van der Waals surface area contributed by atoms with Gasteiger partial charge >= 0.3 is 0 Å². The monoisotopic (exact) mass is 262 g/mol. The third-order valence-electron chi connectivity index (χ3n) is 2.94. The summed E-state index contributed by atoms with van der Waals surface area (Å²) < 4.78 is 5.41. The van der Waals surface area contributed by atoms with E-state index < -0.39 is 0 Å². The minimum absolute atomic E-state index is 0.791. The highest BCUT2D eigenvalue weighted by Crippen LogP contribution is 2.29. The van der Waals surface area contributed by atoms with Crippen LogP contribution in [0, 0.1) is 0 Å². The average molecular weight is 262 g/mol. The zero-order chi connectivity index (χ0) is 13.0. The number of benzene rings is 1. The van der Waals surface area contributed by atoms with E-state index in [1.165, 1.54) is 5.56 Å². The van der Waals surface area contributed by atoms with E-state index in [9.17, 15) is 0 Å². The second-order valence-corrected chi connectivity index (χ2v) is 4.55. The lowest BCUT2D eigenvalue weighted by Gasteiger charge is -2.08. The number of aromatic amines is 1. The number of ether oxygens (including phenoxy) is 1. The van der Waals surface area contributed by atoms with Crippen molar-refractivity contribution in [2.45, 2.75) is 19.8 Å². The highest BCUT2D eigenvalue weighted by atomic mass is 32.1. The lowest BCUT2D eigenvalue weighted by atomic mass is 10.1. The van der Waals surface area contributed by atoms with E-state index in [0.29, 0.717) is 0 Å². The summed E-state index contributed by atoms with van der Waals surface area (Å²) in [4.78, 5) is 7.67. The fourth-order valence-electron chi connectivity index (χ4n) is 1.92. The molecule has 0 saturated heterocycles. The van der Waals surface area contributed by atoms with E-state index in [2.05, 4.69) is 41.7 Å². The van der Waals surface area contributed by atoms with Crippen molar-refractivity contribution >= 4 is 12.6 Å². The Hall–Kier alpha value is -1.42. The first-order valence-electron chi connectivity index (χ1n) is 6.10. The molecule has 0 spiro atoms. The summed E-state index contributed by atoms with van der Waals surface area (Å²) >= 11 is 4.21. The van der Waals surface area contributed by atoms with E-state index in [1.54, 1.807) is 7.11 Å². The van der Waals surface area contributed by atoms with Gasteiger partial charge in [0.25, 0.3) is 0 Å². The predicted octanol–water partition coefficient (Wildman–Crippen LogP) is 3.12. The summed E-state index contributed by atoms with van der Waals surface area (Å²) in [6, 6.07) is 6.25. The number of hydrogen-bond acceptors (Lipinski definition) is 3. The van der Waals surface area contributed by atoms with E-state index >= 15 is 0 Å². The van der Waals surface area contributed by atoms with Crippen LogP contribution in [0.3, 0.4) is 0 Å². The smallest absolute Gasteiger partial charge is 0.128 e. The maximum Gasteiger partial charge on any atom is 0.128 e. The zero-order valence-corrected chi connectivity index (χ0v) is 11.6. The van der Waals surface area contributed by atoms with Gasteiger partial charge in [0.1, 0.15) is 11.6 Å². The Morgan fingerprint density at radius 1 is 1.39 bits per heavy atom. The quantitative estimate of drug-likeness (QED) is 0.812. The van der Waals surface area contributed by atoms with Crippen LogP contribution in [0.5, 0.6) is 5.75 Å². The normalized spacial score (nSPS) is 10.6. The number of nitrogens with one attached hydrogen (secondary N) is 1. The van der Waals surface area contributed by atoms with Gasteiger partial charge in [-0.3, -0.25) is 0 Å². The molecule has 1 heterocycles. The van der Waals surface area contributed by atoms with Gasteiger partial charge in [-0.25, -0.2) is 4.98 Å². The first kappa shape index (κ1) is 13.0. The Labute approximate surface area is 113 Å². The minimum Gasteiger partial charge on any atom is -0.496 e. The molecule has 0 aliphatic heterocycles. The number of imidazole rings is 1. The SMILES string of the molecule is CCc1ccc(OC)c(-c2cnc(CCS)[nH]2)c1. The second-order valence-electron chi connectivity index (χ2n) is 4.11. The molecule has 0 saturated carbocycles. The number of nitrogens with zero attached hydrogens (tertiary/aromatic N) is 1. The molecule has 0 fully saturated rings. The van der Waals surface area contributed by atoms with Crippen LogP contribution in [0.25, 0.3) is 11.3 Å². The molecule has 0 bridgehead atoms. The summed E-state index contributed by atoms with van der Waals surface area (Å²) in [5.41, 5.74) is 3.35. The van der Waals surface area contributed by atoms with Crippen LogP contribution in [-0.4, -0.2) is 22.8 Å². The first-order chi connectivity index (χ1) is 8.78. The molecule has 18 heavy (non-hydrogen) atoms. The molecule has 1 aromatic carbocycles. The van der Waals surface area contributed by atoms with Crippen molar-refractivity contribution in [2.75, 3.05) is 12.9 Å². The molecule has 0 radical (unpaired) electrons. The Bertz CT molecular complexity index is 522. The highest BCUT2D eigenvalue weighted by Gasteiger charge is 2.09. The molecule has 2 rings (SSSR count). The van der Waals surface area contributed by atoms with Crippen molar-refractivity contribution in [3.63, 3.8) is 0 Å². The van der Waals surface area contributed by atoms with Crippen molar-refractivity contribution in [2.24, 2.45) is 0 Å². The standard InChI is InChI=1S/C14H18N2OS/c1-3-10-4-5-13(17-2)11(8-10)12-9-15-14(16-12)6-7-18/h4-5,8-9,18H,3,6-7H2,1-2H3,(H,15,16). The van der Waals surface area contributed by atoms with E-state index in [4.69, 9.17) is 4.74 Å². The molecule has 2 aromatic rings. The minimum atomic E-state index is 0.791. The van der Waals surface area contributed by atoms with Crippen LogP contribution in [0.4, 0.5) is 0 Å². The highest BCUT2D eigenvalue weighted by molar-refractivity contribution is 7.80. The molecule has 1 N–H and O–H groups in total. The van der Waals surface area contributed by atoms with Gasteiger partial charge in [-0.05, 0) is 29.9 Å². The van der Waals surface area contributed by atoms with Crippen molar-refractivity contribution < 1.29 is 4.74 Å². The van der Waals surface area contributed by atoms with Crippen LogP contribution >= 0.6 is 12.6 Å². The number of methoxy groups -OCH3 is 1. The fraction of sp³-hybridized carbons (Fsp3) is 0.357. The Morgan fingerprint density at radius 2 is 2.22 bits per heavy atom. The number of aromatic nitrogens is 2. The molecule has 0 atom stereocenters. The molecule has 0 aliphatic carbocycles. The van der Waals surface area contributed by atoms with Crippen LogP contribution < -0.4 is 4.74 Å². The largest absolute Gasteiger partial charge is 0.496 e. The van der Waals surface area contributed by atoms with Crippen LogP contribution in [-0.2, 0) is 12.8 Å². The maximum atomic E-state index is 5.41. The second kappa shape index (κ2) is 5.96. The lowest BCUT2D eigenvalue weighted by Crippen LogP contribution is -1.92. The van der Waals surface area contributed by atoms with Gasteiger partial charge < -0.3 is 9.72 Å². The Morgan fingerprint density at radius 3 is 2.89 bits per heavy atom. The zero-order valence-electron chi connectivity index (χ0n) is 10.7. The summed E-state index contributed by atoms with van der Waals surface area (Å²) in [5, 5.41) is 0. The molecule has 96 valence electrons. The van der Waals surface area contributed by atoms with Gasteiger partial charge in [0.2, 0.25) is 0 Å². The molecule has 0 amide bonds. The van der Waals surface area contributed by atoms with Gasteiger partial charge in [-0.2, -0.15) is 12.6 Å². The average Bonchev–Trinajstić information content (AvgIpc) is 2.87. The molecular formula is C14H18N2OS. The van der Waals surface area contributed by atoms with Gasteiger partial charge in [0.05, 0.1) is 19.0 Å². The fourth-order valence-corrected chi connectivity index (χ4v) is 2.13.